The molecule has 4 aliphatic heterocycles. The normalized spacial score (nSPS) is 48.6. The van der Waals surface area contributed by atoms with Crippen molar-refractivity contribution >= 4 is 0 Å². The Morgan fingerprint density at radius 2 is 1.22 bits per heavy atom. The molecule has 72 heavy (non-hydrogen) atoms. The number of benzene rings is 1. The van der Waals surface area contributed by atoms with Crippen LogP contribution in [-0.4, -0.2) is 211 Å². The lowest BCUT2D eigenvalue weighted by Crippen LogP contribution is -2.65. The van der Waals surface area contributed by atoms with Crippen LogP contribution < -0.4 is 0 Å². The summed E-state index contributed by atoms with van der Waals surface area (Å²) in [6.45, 7) is 9.15. The van der Waals surface area contributed by atoms with E-state index in [4.69, 9.17) is 37.9 Å². The van der Waals surface area contributed by atoms with Crippen LogP contribution in [0.15, 0.2) is 23.8 Å². The van der Waals surface area contributed by atoms with Crippen molar-refractivity contribution in [3.63, 3.8) is 0 Å². The SMILES string of the molecule is Cc1c(CCC(C)COC2OC(CO)C(O)C(O)C2O)ccc2c1C1(C)CCC3C(CC=C4CC(OC5OC(CO)C(OC6OC(CO)C(O)C6O)C(O)C5OC5OC(C)C(O)C(O)C5O)CCC43C)C1C2. The Morgan fingerprint density at radius 1 is 0.625 bits per heavy atom. The van der Waals surface area contributed by atoms with Crippen molar-refractivity contribution in [2.45, 2.75) is 221 Å². The molecule has 6 fully saturated rings. The van der Waals surface area contributed by atoms with E-state index in [1.807, 2.05) is 0 Å². The molecule has 2 saturated carbocycles. The zero-order chi connectivity index (χ0) is 51.7. The summed E-state index contributed by atoms with van der Waals surface area (Å²) in [5.41, 5.74) is 6.78. The molecular weight excluding hydrogens is 945 g/mol. The van der Waals surface area contributed by atoms with Crippen LogP contribution in [0.1, 0.15) is 94.9 Å². The number of aliphatic hydroxyl groups excluding tert-OH is 12. The van der Waals surface area contributed by atoms with Gasteiger partial charge in [-0.2, -0.15) is 0 Å². The summed E-state index contributed by atoms with van der Waals surface area (Å²) >= 11 is 0. The molecular formula is C52H80O20. The van der Waals surface area contributed by atoms with Crippen molar-refractivity contribution < 1.29 is 99.2 Å². The molecule has 408 valence electrons. The molecule has 0 bridgehead atoms. The molecule has 20 nitrogen and oxygen atoms in total. The van der Waals surface area contributed by atoms with Crippen molar-refractivity contribution in [3.05, 3.63) is 46.0 Å². The van der Waals surface area contributed by atoms with Gasteiger partial charge in [0, 0.05) is 0 Å². The molecule has 26 unspecified atom stereocenters. The third kappa shape index (κ3) is 9.91. The highest BCUT2D eigenvalue weighted by atomic mass is 16.8. The van der Waals surface area contributed by atoms with Crippen LogP contribution in [0.25, 0.3) is 0 Å². The van der Waals surface area contributed by atoms with E-state index in [0.717, 1.165) is 44.9 Å². The fourth-order valence-corrected chi connectivity index (χ4v) is 14.1. The minimum absolute atomic E-state index is 0.0132. The van der Waals surface area contributed by atoms with Crippen molar-refractivity contribution in [2.75, 3.05) is 26.4 Å². The number of fused-ring (bicyclic) bond motifs is 7. The van der Waals surface area contributed by atoms with Crippen LogP contribution in [0.3, 0.4) is 0 Å². The van der Waals surface area contributed by atoms with Crippen LogP contribution in [0.5, 0.6) is 0 Å². The second-order valence-corrected chi connectivity index (χ2v) is 22.8. The van der Waals surface area contributed by atoms with Gasteiger partial charge in [0.1, 0.15) is 85.5 Å². The Morgan fingerprint density at radius 3 is 1.93 bits per heavy atom. The molecule has 8 aliphatic rings. The number of hydrogen-bond donors (Lipinski definition) is 12. The summed E-state index contributed by atoms with van der Waals surface area (Å²) in [5, 5.41) is 126. The van der Waals surface area contributed by atoms with Crippen molar-refractivity contribution in [2.24, 2.45) is 29.1 Å². The van der Waals surface area contributed by atoms with E-state index < -0.39 is 143 Å². The molecule has 4 heterocycles. The minimum Gasteiger partial charge on any atom is -0.394 e. The summed E-state index contributed by atoms with van der Waals surface area (Å²) in [6.07, 6.45) is -17.1. The number of aryl methyl sites for hydroxylation is 1. The highest BCUT2D eigenvalue weighted by Crippen LogP contribution is 2.65. The fourth-order valence-electron chi connectivity index (χ4n) is 14.1. The maximum atomic E-state index is 12.0. The first-order valence-corrected chi connectivity index (χ1v) is 26.2. The van der Waals surface area contributed by atoms with Gasteiger partial charge in [-0.25, -0.2) is 0 Å². The average Bonchev–Trinajstić information content (AvgIpc) is 3.83. The lowest BCUT2D eigenvalue weighted by atomic mass is 9.47. The van der Waals surface area contributed by atoms with Crippen LogP contribution >= 0.6 is 0 Å². The third-order valence-corrected chi connectivity index (χ3v) is 18.4. The van der Waals surface area contributed by atoms with Gasteiger partial charge in [0.05, 0.1) is 38.6 Å². The first-order chi connectivity index (χ1) is 34.2. The molecule has 26 atom stereocenters. The Bertz CT molecular complexity index is 2040. The summed E-state index contributed by atoms with van der Waals surface area (Å²) in [5.74, 6) is 1.47. The predicted octanol–water partition coefficient (Wildman–Crippen LogP) is -1.14. The largest absolute Gasteiger partial charge is 0.394 e. The van der Waals surface area contributed by atoms with E-state index in [0.29, 0.717) is 30.6 Å². The first kappa shape index (κ1) is 54.9. The maximum absolute atomic E-state index is 12.0. The molecule has 1 aromatic rings. The lowest BCUT2D eigenvalue weighted by Gasteiger charge is -2.58. The molecule has 20 heteroatoms. The maximum Gasteiger partial charge on any atom is 0.187 e. The van der Waals surface area contributed by atoms with Gasteiger partial charge < -0.3 is 99.2 Å². The van der Waals surface area contributed by atoms with Gasteiger partial charge >= 0.3 is 0 Å². The average molecular weight is 1030 g/mol. The van der Waals surface area contributed by atoms with Gasteiger partial charge in [-0.05, 0) is 128 Å². The van der Waals surface area contributed by atoms with Gasteiger partial charge in [-0.1, -0.05) is 44.6 Å². The van der Waals surface area contributed by atoms with Crippen LogP contribution in [0.2, 0.25) is 0 Å². The van der Waals surface area contributed by atoms with Gasteiger partial charge in [-0.15, -0.1) is 0 Å². The Balaban J connectivity index is 0.864. The van der Waals surface area contributed by atoms with Crippen molar-refractivity contribution in [3.8, 4) is 0 Å². The summed E-state index contributed by atoms with van der Waals surface area (Å²) in [4.78, 5) is 0. The molecule has 0 spiro atoms. The second-order valence-electron chi connectivity index (χ2n) is 22.8. The zero-order valence-corrected chi connectivity index (χ0v) is 41.9. The Hall–Kier alpha value is -1.84. The second kappa shape index (κ2) is 21.9. The number of ether oxygens (including phenoxy) is 8. The smallest absolute Gasteiger partial charge is 0.187 e. The molecule has 1 aromatic carbocycles. The van der Waals surface area contributed by atoms with E-state index in [-0.39, 0.29) is 23.4 Å². The standard InChI is InChI=1S/C52H80O20/c1-22(21-65-47-42(62)40(60)37(57)32(18-53)68-47)6-7-25-8-9-26-16-31-29-11-10-27-17-28(12-14-51(27,4)30(29)13-15-52(31,5)35(26)23(25)2)67-50-46(72-48-43(63)39(59)36(56)24(3)66-48)44(64)45(34(20-55)70-50)71-49-41(61)38(58)33(19-54)69-49/h8-10,22,24,28-34,36-50,53-64H,6-7,11-21H2,1-5H3. The fraction of sp³-hybridized carbons (Fsp3) is 0.846. The molecule has 9 rings (SSSR count). The Kier molecular flexibility index (Phi) is 16.7. The number of hydrogen-bond acceptors (Lipinski definition) is 20. The third-order valence-electron chi connectivity index (χ3n) is 18.4. The van der Waals surface area contributed by atoms with E-state index in [9.17, 15) is 61.3 Å². The molecule has 0 amide bonds. The number of rotatable bonds is 15. The van der Waals surface area contributed by atoms with E-state index in [2.05, 4.69) is 45.9 Å². The van der Waals surface area contributed by atoms with Gasteiger partial charge in [-0.3, -0.25) is 0 Å². The molecule has 12 N–H and O–H groups in total. The monoisotopic (exact) mass is 1020 g/mol. The molecule has 0 radical (unpaired) electrons. The summed E-state index contributed by atoms with van der Waals surface area (Å²) < 4.78 is 47.8. The molecule has 4 saturated heterocycles. The van der Waals surface area contributed by atoms with Crippen molar-refractivity contribution in [1.82, 2.24) is 0 Å². The van der Waals surface area contributed by atoms with Crippen molar-refractivity contribution in [1.29, 1.82) is 0 Å². The quantitative estimate of drug-likeness (QED) is 0.0924. The van der Waals surface area contributed by atoms with Crippen LogP contribution in [0.4, 0.5) is 0 Å². The van der Waals surface area contributed by atoms with E-state index in [1.54, 1.807) is 0 Å². The number of allylic oxidation sites excluding steroid dienone is 1. The highest BCUT2D eigenvalue weighted by molar-refractivity contribution is 5.50. The van der Waals surface area contributed by atoms with Crippen LogP contribution in [0, 0.1) is 36.0 Å². The highest BCUT2D eigenvalue weighted by Gasteiger charge is 2.59. The summed E-state index contributed by atoms with van der Waals surface area (Å²) in [6, 6.07) is 4.59. The van der Waals surface area contributed by atoms with Gasteiger partial charge in [0.2, 0.25) is 0 Å². The van der Waals surface area contributed by atoms with E-state index >= 15 is 0 Å². The van der Waals surface area contributed by atoms with E-state index in [1.165, 1.54) is 34.8 Å². The van der Waals surface area contributed by atoms with Crippen LogP contribution in [-0.2, 0) is 56.2 Å². The molecule has 4 aliphatic carbocycles. The lowest BCUT2D eigenvalue weighted by molar-refractivity contribution is -0.380. The Labute approximate surface area is 420 Å². The topological polar surface area (TPSA) is 317 Å². The summed E-state index contributed by atoms with van der Waals surface area (Å²) in [7, 11) is 0. The van der Waals surface area contributed by atoms with Gasteiger partial charge in [0.15, 0.2) is 25.2 Å². The molecule has 0 aromatic heterocycles. The zero-order valence-electron chi connectivity index (χ0n) is 41.9. The van der Waals surface area contributed by atoms with Gasteiger partial charge in [0.25, 0.3) is 0 Å². The predicted molar refractivity (Wildman–Crippen MR) is 250 cm³/mol. The number of aliphatic hydroxyl groups is 12. The first-order valence-electron chi connectivity index (χ1n) is 26.2. The minimum atomic E-state index is -1.73.